The van der Waals surface area contributed by atoms with Gasteiger partial charge in [0.05, 0.1) is 0 Å². The number of hydrogen-bond donors (Lipinski definition) is 0. The molecule has 6 rings (SSSR count). The van der Waals surface area contributed by atoms with Gasteiger partial charge in [0.1, 0.15) is 23.9 Å². The van der Waals surface area contributed by atoms with Crippen molar-refractivity contribution >= 4 is 0 Å². The van der Waals surface area contributed by atoms with Crippen molar-refractivity contribution in [2.75, 3.05) is 0 Å². The molecule has 0 saturated carbocycles. The van der Waals surface area contributed by atoms with E-state index in [9.17, 15) is 0 Å². The summed E-state index contributed by atoms with van der Waals surface area (Å²) in [5, 5.41) is 0. The summed E-state index contributed by atoms with van der Waals surface area (Å²) in [4.78, 5) is 3.96. The predicted molar refractivity (Wildman–Crippen MR) is 188 cm³/mol. The number of rotatable bonds is 6. The minimum atomic E-state index is 0. The van der Waals surface area contributed by atoms with Gasteiger partial charge in [0, 0.05) is 12.4 Å². The Hall–Kier alpha value is -5.15. The van der Waals surface area contributed by atoms with Crippen LogP contribution in [0.1, 0.15) is 37.1 Å². The lowest BCUT2D eigenvalue weighted by atomic mass is 10.0. The van der Waals surface area contributed by atoms with Gasteiger partial charge in [-0.15, -0.1) is 0 Å². The van der Waals surface area contributed by atoms with Gasteiger partial charge in [-0.2, -0.15) is 0 Å². The number of aromatic nitrogens is 1. The molecule has 0 saturated heterocycles. The van der Waals surface area contributed by atoms with Gasteiger partial charge in [-0.1, -0.05) is 123 Å². The van der Waals surface area contributed by atoms with Crippen molar-refractivity contribution in [3.63, 3.8) is 0 Å². The number of ether oxygens (including phenoxy) is 2. The summed E-state index contributed by atoms with van der Waals surface area (Å²) in [7, 11) is 0. The summed E-state index contributed by atoms with van der Waals surface area (Å²) in [6.45, 7) is 6.81. The van der Waals surface area contributed by atoms with Crippen LogP contribution in [0.2, 0.25) is 0 Å². The highest BCUT2D eigenvalue weighted by molar-refractivity contribution is 5.63. The zero-order chi connectivity index (χ0) is 29.4. The molecule has 5 aromatic carbocycles. The van der Waals surface area contributed by atoms with Gasteiger partial charge in [-0.05, 0) is 91.6 Å². The fourth-order valence-electron chi connectivity index (χ4n) is 3.96. The topological polar surface area (TPSA) is 31.4 Å². The molecule has 6 aromatic rings. The summed E-state index contributed by atoms with van der Waals surface area (Å²) in [6, 6.07) is 48.8. The van der Waals surface area contributed by atoms with E-state index in [1.54, 1.807) is 12.4 Å². The van der Waals surface area contributed by atoms with Crippen molar-refractivity contribution in [2.24, 2.45) is 0 Å². The molecule has 0 unspecified atom stereocenters. The summed E-state index contributed by atoms with van der Waals surface area (Å²) in [5.41, 5.74) is 7.45. The first-order chi connectivity index (χ1) is 20.5. The Kier molecular flexibility index (Phi) is 15.2. The second kappa shape index (κ2) is 19.1. The summed E-state index contributed by atoms with van der Waals surface area (Å²) in [6.07, 6.45) is 3.55. The molecule has 0 radical (unpaired) electrons. The monoisotopic (exact) mass is 583 g/mol. The molecule has 0 aliphatic carbocycles. The normalized spacial score (nSPS) is 9.43. The van der Waals surface area contributed by atoms with E-state index in [1.165, 1.54) is 27.8 Å². The van der Waals surface area contributed by atoms with Crippen molar-refractivity contribution in [1.29, 1.82) is 0 Å². The molecule has 1 aromatic heterocycles. The van der Waals surface area contributed by atoms with Gasteiger partial charge in [-0.25, -0.2) is 0 Å². The lowest BCUT2D eigenvalue weighted by Gasteiger charge is -2.06. The minimum Gasteiger partial charge on any atom is -0.489 e. The van der Waals surface area contributed by atoms with Crippen molar-refractivity contribution in [3.8, 4) is 28.4 Å². The quantitative estimate of drug-likeness (QED) is 0.195. The van der Waals surface area contributed by atoms with E-state index in [4.69, 9.17) is 9.47 Å². The molecular weight excluding hydrogens is 538 g/mol. The molecule has 0 fully saturated rings. The molecule has 0 N–H and O–H groups in total. The first kappa shape index (κ1) is 35.0. The lowest BCUT2D eigenvalue weighted by molar-refractivity contribution is 0.306. The number of pyridine rings is 1. The Bertz CT molecular complexity index is 1580. The Morgan fingerprint density at radius 1 is 0.455 bits per heavy atom. The van der Waals surface area contributed by atoms with E-state index < -0.39 is 0 Å². The van der Waals surface area contributed by atoms with E-state index >= 15 is 0 Å². The third-order valence-corrected chi connectivity index (χ3v) is 6.30. The zero-order valence-electron chi connectivity index (χ0n) is 24.5. The molecular formula is C41H45NO2. The third kappa shape index (κ3) is 12.4. The number of aryl methyl sites for hydroxylation is 3. The molecule has 0 aliphatic heterocycles. The van der Waals surface area contributed by atoms with Crippen LogP contribution >= 0.6 is 0 Å². The Labute approximate surface area is 264 Å². The SMILES string of the molecule is C.C.Cc1ccc(-c2ccccc2)cc1.Cc1ccc(Oc2ccccc2)cc1.Cc1cccc(OCc2ccncc2)c1. The van der Waals surface area contributed by atoms with Gasteiger partial charge in [0.25, 0.3) is 0 Å². The maximum atomic E-state index is 5.65. The number of para-hydroxylation sites is 1. The molecule has 0 bridgehead atoms. The molecule has 1 heterocycles. The van der Waals surface area contributed by atoms with Crippen LogP contribution in [-0.2, 0) is 6.61 Å². The molecule has 3 heteroatoms. The second-order valence-electron chi connectivity index (χ2n) is 9.92. The first-order valence-electron chi connectivity index (χ1n) is 14.1. The molecule has 0 spiro atoms. The average Bonchev–Trinajstić information content (AvgIpc) is 3.04. The van der Waals surface area contributed by atoms with Crippen molar-refractivity contribution in [3.05, 3.63) is 180 Å². The van der Waals surface area contributed by atoms with E-state index in [0.29, 0.717) is 6.61 Å². The summed E-state index contributed by atoms with van der Waals surface area (Å²) >= 11 is 0. The molecule has 3 nitrogen and oxygen atoms in total. The van der Waals surface area contributed by atoms with E-state index in [0.717, 1.165) is 22.8 Å². The Balaban J connectivity index is 0.000000226. The fourth-order valence-corrected chi connectivity index (χ4v) is 3.96. The van der Waals surface area contributed by atoms with Crippen molar-refractivity contribution in [1.82, 2.24) is 4.98 Å². The highest BCUT2D eigenvalue weighted by Crippen LogP contribution is 2.21. The van der Waals surface area contributed by atoms with Gasteiger partial charge >= 0.3 is 0 Å². The highest BCUT2D eigenvalue weighted by Gasteiger charge is 1.96. The first-order valence-corrected chi connectivity index (χ1v) is 14.1. The average molecular weight is 584 g/mol. The second-order valence-corrected chi connectivity index (χ2v) is 9.92. The van der Waals surface area contributed by atoms with Crippen LogP contribution in [0.15, 0.2) is 158 Å². The fraction of sp³-hybridized carbons (Fsp3) is 0.146. The Morgan fingerprint density at radius 3 is 1.55 bits per heavy atom. The van der Waals surface area contributed by atoms with Crippen LogP contribution in [0.3, 0.4) is 0 Å². The van der Waals surface area contributed by atoms with Crippen LogP contribution in [-0.4, -0.2) is 4.98 Å². The molecule has 226 valence electrons. The van der Waals surface area contributed by atoms with Crippen LogP contribution < -0.4 is 9.47 Å². The standard InChI is InChI=1S/C13H13NO.C13H12O.C13H12.2CH4/c1-11-3-2-4-13(9-11)15-10-12-5-7-14-8-6-12;1-11-7-9-13(10-8-11)14-12-5-3-2-4-6-12;1-11-7-9-13(10-8-11)12-5-3-2-4-6-12;;/h2-9H,10H2,1H3;2-10H,1H3;2-10H,1H3;2*1H4. The Morgan fingerprint density at radius 2 is 0.955 bits per heavy atom. The zero-order valence-corrected chi connectivity index (χ0v) is 24.5. The number of nitrogens with zero attached hydrogens (tertiary/aromatic N) is 1. The highest BCUT2D eigenvalue weighted by atomic mass is 16.5. The minimum absolute atomic E-state index is 0. The van der Waals surface area contributed by atoms with Crippen LogP contribution in [0.4, 0.5) is 0 Å². The summed E-state index contributed by atoms with van der Waals surface area (Å²) in [5.74, 6) is 2.66. The van der Waals surface area contributed by atoms with Crippen molar-refractivity contribution in [2.45, 2.75) is 42.2 Å². The summed E-state index contributed by atoms with van der Waals surface area (Å²) < 4.78 is 11.3. The third-order valence-electron chi connectivity index (χ3n) is 6.30. The van der Waals surface area contributed by atoms with E-state index in [2.05, 4.69) is 80.4 Å². The van der Waals surface area contributed by atoms with Gasteiger partial charge in [0.15, 0.2) is 0 Å². The van der Waals surface area contributed by atoms with Gasteiger partial charge in [-0.3, -0.25) is 4.98 Å². The lowest BCUT2D eigenvalue weighted by Crippen LogP contribution is -1.95. The predicted octanol–water partition coefficient (Wildman–Crippen LogP) is 11.7. The maximum Gasteiger partial charge on any atom is 0.127 e. The number of hydrogen-bond acceptors (Lipinski definition) is 3. The molecule has 0 atom stereocenters. The van der Waals surface area contributed by atoms with Crippen molar-refractivity contribution < 1.29 is 9.47 Å². The molecule has 0 amide bonds. The van der Waals surface area contributed by atoms with Crippen LogP contribution in [0.5, 0.6) is 17.2 Å². The van der Waals surface area contributed by atoms with Gasteiger partial charge in [0.2, 0.25) is 0 Å². The molecule has 0 aliphatic rings. The smallest absolute Gasteiger partial charge is 0.127 e. The maximum absolute atomic E-state index is 5.65. The van der Waals surface area contributed by atoms with Gasteiger partial charge < -0.3 is 9.47 Å². The van der Waals surface area contributed by atoms with E-state index in [1.807, 2.05) is 91.0 Å². The van der Waals surface area contributed by atoms with Crippen LogP contribution in [0, 0.1) is 20.8 Å². The largest absolute Gasteiger partial charge is 0.489 e. The van der Waals surface area contributed by atoms with Crippen LogP contribution in [0.25, 0.3) is 11.1 Å². The number of benzene rings is 5. The molecule has 44 heavy (non-hydrogen) atoms. The van der Waals surface area contributed by atoms with E-state index in [-0.39, 0.29) is 14.9 Å².